The largest absolute Gasteiger partial charge is 0.374 e. The van der Waals surface area contributed by atoms with Gasteiger partial charge < -0.3 is 15.5 Å². The van der Waals surface area contributed by atoms with Gasteiger partial charge in [0.2, 0.25) is 5.91 Å². The molecule has 1 aliphatic carbocycles. The van der Waals surface area contributed by atoms with E-state index in [0.29, 0.717) is 0 Å². The molecule has 0 aromatic heterocycles. The third-order valence-electron chi connectivity index (χ3n) is 4.79. The van der Waals surface area contributed by atoms with Gasteiger partial charge in [-0.3, -0.25) is 10.1 Å². The minimum atomic E-state index is -0.414. The normalized spacial score (nSPS) is 13.8. The molecule has 0 atom stereocenters. The summed E-state index contributed by atoms with van der Waals surface area (Å²) in [5, 5.41) is 8.37. The van der Waals surface area contributed by atoms with Crippen molar-refractivity contribution in [3.05, 3.63) is 54.6 Å². The molecule has 0 unspecified atom stereocenters. The minimum absolute atomic E-state index is 0.0255. The smallest absolute Gasteiger partial charge is 0.321 e. The number of urea groups is 1. The fourth-order valence-corrected chi connectivity index (χ4v) is 3.34. The Labute approximate surface area is 159 Å². The second kappa shape index (κ2) is 9.07. The van der Waals surface area contributed by atoms with Crippen molar-refractivity contribution < 1.29 is 9.59 Å². The molecule has 0 saturated heterocycles. The number of imide groups is 1. The maximum Gasteiger partial charge on any atom is 0.321 e. The van der Waals surface area contributed by atoms with Crippen LogP contribution in [0.3, 0.4) is 0 Å². The average molecular weight is 366 g/mol. The molecule has 3 N–H and O–H groups in total. The molecule has 0 spiro atoms. The lowest BCUT2D eigenvalue weighted by Gasteiger charge is -2.23. The van der Waals surface area contributed by atoms with Gasteiger partial charge in [-0.2, -0.15) is 0 Å². The van der Waals surface area contributed by atoms with Crippen molar-refractivity contribution in [2.24, 2.45) is 0 Å². The van der Waals surface area contributed by atoms with Crippen LogP contribution in [0.2, 0.25) is 0 Å². The molecule has 1 saturated carbocycles. The van der Waals surface area contributed by atoms with Gasteiger partial charge in [0, 0.05) is 18.8 Å². The van der Waals surface area contributed by atoms with Crippen LogP contribution in [0.25, 0.3) is 0 Å². The van der Waals surface area contributed by atoms with E-state index in [1.165, 1.54) is 0 Å². The first-order chi connectivity index (χ1) is 13.1. The Hall–Kier alpha value is -3.02. The number of hydrogen-bond donors (Lipinski definition) is 3. The van der Waals surface area contributed by atoms with Crippen molar-refractivity contribution in [3.63, 3.8) is 0 Å². The van der Waals surface area contributed by atoms with E-state index in [1.54, 1.807) is 0 Å². The highest BCUT2D eigenvalue weighted by Crippen LogP contribution is 2.30. The highest BCUT2D eigenvalue weighted by Gasteiger charge is 2.18. The predicted molar refractivity (Wildman–Crippen MR) is 108 cm³/mol. The molecular weight excluding hydrogens is 340 g/mol. The minimum Gasteiger partial charge on any atom is -0.374 e. The molecule has 6 nitrogen and oxygen atoms in total. The summed E-state index contributed by atoms with van der Waals surface area (Å²) in [7, 11) is 1.98. The summed E-state index contributed by atoms with van der Waals surface area (Å²) in [4.78, 5) is 26.1. The molecule has 2 aromatic carbocycles. The Morgan fingerprint density at radius 1 is 1.00 bits per heavy atom. The molecular formula is C21H26N4O2. The molecule has 2 aromatic rings. The van der Waals surface area contributed by atoms with E-state index < -0.39 is 6.03 Å². The van der Waals surface area contributed by atoms with Crippen molar-refractivity contribution in [1.82, 2.24) is 10.6 Å². The van der Waals surface area contributed by atoms with Crippen molar-refractivity contribution in [3.8, 4) is 0 Å². The lowest BCUT2D eigenvalue weighted by Crippen LogP contribution is -2.45. The van der Waals surface area contributed by atoms with Crippen LogP contribution < -0.4 is 20.9 Å². The third-order valence-corrected chi connectivity index (χ3v) is 4.79. The fourth-order valence-electron chi connectivity index (χ4n) is 3.34. The Morgan fingerprint density at radius 2 is 1.67 bits per heavy atom. The van der Waals surface area contributed by atoms with Crippen LogP contribution in [0.5, 0.6) is 0 Å². The number of anilines is 3. The van der Waals surface area contributed by atoms with Gasteiger partial charge in [0.15, 0.2) is 0 Å². The molecule has 0 aliphatic heterocycles. The van der Waals surface area contributed by atoms with E-state index in [-0.39, 0.29) is 18.5 Å². The predicted octanol–water partition coefficient (Wildman–Crippen LogP) is 3.63. The number of nitrogens with one attached hydrogen (secondary N) is 3. The average Bonchev–Trinajstić information content (AvgIpc) is 3.19. The van der Waals surface area contributed by atoms with E-state index >= 15 is 0 Å². The number of benzene rings is 2. The first-order valence-electron chi connectivity index (χ1n) is 9.35. The number of nitrogens with zero attached hydrogens (tertiary/aromatic N) is 1. The zero-order valence-electron chi connectivity index (χ0n) is 15.6. The summed E-state index contributed by atoms with van der Waals surface area (Å²) >= 11 is 0. The van der Waals surface area contributed by atoms with E-state index in [0.717, 1.165) is 42.7 Å². The van der Waals surface area contributed by atoms with Crippen molar-refractivity contribution in [2.75, 3.05) is 23.8 Å². The number of amides is 3. The topological polar surface area (TPSA) is 73.5 Å². The molecule has 0 heterocycles. The zero-order chi connectivity index (χ0) is 19.1. The summed E-state index contributed by atoms with van der Waals surface area (Å²) in [5.74, 6) is -0.359. The van der Waals surface area contributed by atoms with Gasteiger partial charge in [0.25, 0.3) is 0 Å². The van der Waals surface area contributed by atoms with Gasteiger partial charge in [0.1, 0.15) is 0 Å². The van der Waals surface area contributed by atoms with Gasteiger partial charge in [-0.1, -0.05) is 43.2 Å². The summed E-state index contributed by atoms with van der Waals surface area (Å²) in [6.07, 6.45) is 4.23. The number of carbonyl (C=O) groups excluding carboxylic acids is 2. The number of hydrogen-bond acceptors (Lipinski definition) is 4. The molecule has 3 amide bonds. The summed E-state index contributed by atoms with van der Waals surface area (Å²) < 4.78 is 0. The summed E-state index contributed by atoms with van der Waals surface area (Å²) in [5.41, 5.74) is 2.83. The Kier molecular flexibility index (Phi) is 6.30. The van der Waals surface area contributed by atoms with Crippen LogP contribution in [0, 0.1) is 0 Å². The lowest BCUT2D eigenvalue weighted by molar-refractivity contribution is -0.118. The summed E-state index contributed by atoms with van der Waals surface area (Å²) in [6.45, 7) is 0.0255. The highest BCUT2D eigenvalue weighted by molar-refractivity contribution is 5.96. The van der Waals surface area contributed by atoms with Crippen molar-refractivity contribution in [1.29, 1.82) is 0 Å². The number of rotatable bonds is 6. The van der Waals surface area contributed by atoms with Crippen molar-refractivity contribution in [2.45, 2.75) is 31.7 Å². The first-order valence-corrected chi connectivity index (χ1v) is 9.35. The standard InChI is InChI=1S/C21H26N4O2/c1-25(17-11-3-2-4-12-17)19-14-8-7-13-18(19)22-15-20(26)24-21(27)23-16-9-5-6-10-16/h2-4,7-8,11-14,16,22H,5-6,9-10,15H2,1H3,(H2,23,24,26,27). The van der Waals surface area contributed by atoms with Gasteiger partial charge in [-0.05, 0) is 37.1 Å². The molecule has 27 heavy (non-hydrogen) atoms. The van der Waals surface area contributed by atoms with Crippen molar-refractivity contribution >= 4 is 29.0 Å². The monoisotopic (exact) mass is 366 g/mol. The van der Waals surface area contributed by atoms with E-state index in [9.17, 15) is 9.59 Å². The van der Waals surface area contributed by atoms with Crippen LogP contribution in [-0.4, -0.2) is 31.6 Å². The second-order valence-corrected chi connectivity index (χ2v) is 6.77. The number of carbonyl (C=O) groups is 2. The molecule has 142 valence electrons. The summed E-state index contributed by atoms with van der Waals surface area (Å²) in [6, 6.07) is 17.5. The SMILES string of the molecule is CN(c1ccccc1)c1ccccc1NCC(=O)NC(=O)NC1CCCC1. The molecule has 3 rings (SSSR count). The Bertz CT molecular complexity index is 773. The first kappa shape index (κ1) is 18.8. The molecule has 1 aliphatic rings. The number of para-hydroxylation sites is 3. The van der Waals surface area contributed by atoms with Gasteiger partial charge in [0.05, 0.1) is 17.9 Å². The lowest BCUT2D eigenvalue weighted by atomic mass is 10.2. The van der Waals surface area contributed by atoms with E-state index in [2.05, 4.69) is 16.0 Å². The Morgan fingerprint density at radius 3 is 2.41 bits per heavy atom. The quantitative estimate of drug-likeness (QED) is 0.730. The maximum absolute atomic E-state index is 12.1. The maximum atomic E-state index is 12.1. The second-order valence-electron chi connectivity index (χ2n) is 6.77. The van der Waals surface area contributed by atoms with Gasteiger partial charge >= 0.3 is 6.03 Å². The molecule has 0 radical (unpaired) electrons. The highest BCUT2D eigenvalue weighted by atomic mass is 16.2. The van der Waals surface area contributed by atoms with E-state index in [1.807, 2.05) is 66.5 Å². The molecule has 1 fully saturated rings. The van der Waals surface area contributed by atoms with E-state index in [4.69, 9.17) is 0 Å². The van der Waals surface area contributed by atoms with Crippen LogP contribution in [0.4, 0.5) is 21.9 Å². The van der Waals surface area contributed by atoms with Crippen LogP contribution in [0.1, 0.15) is 25.7 Å². The van der Waals surface area contributed by atoms with Gasteiger partial charge in [-0.15, -0.1) is 0 Å². The van der Waals surface area contributed by atoms with Gasteiger partial charge in [-0.25, -0.2) is 4.79 Å². The fraction of sp³-hybridized carbons (Fsp3) is 0.333. The van der Waals surface area contributed by atoms with Crippen LogP contribution in [0.15, 0.2) is 54.6 Å². The van der Waals surface area contributed by atoms with Crippen LogP contribution in [-0.2, 0) is 4.79 Å². The zero-order valence-corrected chi connectivity index (χ0v) is 15.6. The molecule has 0 bridgehead atoms. The third kappa shape index (κ3) is 5.23. The van der Waals surface area contributed by atoms with Crippen LogP contribution >= 0.6 is 0 Å². The molecule has 6 heteroatoms. The Balaban J connectivity index is 1.56.